The molecule has 1 amide bonds. The summed E-state index contributed by atoms with van der Waals surface area (Å²) in [6, 6.07) is 12.2. The van der Waals surface area contributed by atoms with E-state index in [2.05, 4.69) is 47.2 Å². The highest BCUT2D eigenvalue weighted by atomic mass is 35.5. The maximum Gasteiger partial charge on any atom is 0.225 e. The molecule has 0 atom stereocenters. The second kappa shape index (κ2) is 14.5. The zero-order valence-electron chi connectivity index (χ0n) is 28.8. The lowest BCUT2D eigenvalue weighted by Gasteiger charge is -2.52. The highest BCUT2D eigenvalue weighted by Crippen LogP contribution is 2.50. The van der Waals surface area contributed by atoms with Gasteiger partial charge in [-0.25, -0.2) is 14.6 Å². The molecule has 1 N–H and O–H groups in total. The van der Waals surface area contributed by atoms with Crippen molar-refractivity contribution in [2.24, 2.45) is 5.92 Å². The molecule has 2 aliphatic heterocycles. The first kappa shape index (κ1) is 33.6. The van der Waals surface area contributed by atoms with Crippen LogP contribution in [0.15, 0.2) is 48.9 Å². The van der Waals surface area contributed by atoms with E-state index in [1.807, 2.05) is 42.2 Å². The average Bonchev–Trinajstić information content (AvgIpc) is 3.56. The molecule has 1 saturated heterocycles. The van der Waals surface area contributed by atoms with Gasteiger partial charge in [0.25, 0.3) is 0 Å². The predicted molar refractivity (Wildman–Crippen MR) is 192 cm³/mol. The van der Waals surface area contributed by atoms with Crippen LogP contribution in [0.1, 0.15) is 48.8 Å². The molecule has 1 aliphatic carbocycles. The van der Waals surface area contributed by atoms with Crippen LogP contribution in [0.5, 0.6) is 11.5 Å². The average molecular weight is 687 g/mol. The summed E-state index contributed by atoms with van der Waals surface area (Å²) in [5.41, 5.74) is 4.37. The normalized spacial score (nSPS) is 21.3. The zero-order chi connectivity index (χ0) is 34.0. The van der Waals surface area contributed by atoms with E-state index in [0.29, 0.717) is 30.6 Å². The molecule has 4 aromatic rings. The van der Waals surface area contributed by atoms with E-state index < -0.39 is 0 Å². The minimum Gasteiger partial charge on any atom is -0.493 e. The largest absolute Gasteiger partial charge is 0.493 e. The molecule has 2 aromatic heterocycles. The van der Waals surface area contributed by atoms with E-state index in [1.165, 1.54) is 11.1 Å². The van der Waals surface area contributed by atoms with Crippen LogP contribution < -0.4 is 19.7 Å². The van der Waals surface area contributed by atoms with Crippen molar-refractivity contribution in [2.45, 2.75) is 50.6 Å². The van der Waals surface area contributed by atoms with Gasteiger partial charge in [0.2, 0.25) is 5.91 Å². The van der Waals surface area contributed by atoms with E-state index in [1.54, 1.807) is 20.5 Å². The van der Waals surface area contributed by atoms with Crippen molar-refractivity contribution in [3.05, 3.63) is 70.6 Å². The number of nitrogens with one attached hydrogen (secondary N) is 1. The molecule has 3 aliphatic rings. The van der Waals surface area contributed by atoms with Crippen molar-refractivity contribution in [3.8, 4) is 11.5 Å². The fraction of sp³-hybridized carbons (Fsp3) is 0.514. The van der Waals surface area contributed by atoms with Crippen molar-refractivity contribution in [3.63, 3.8) is 0 Å². The van der Waals surface area contributed by atoms with Crippen LogP contribution in [0.2, 0.25) is 5.02 Å². The smallest absolute Gasteiger partial charge is 0.225 e. The Morgan fingerprint density at radius 1 is 1.02 bits per heavy atom. The SMILES string of the molecule is CNCCCN1CCc2cc(OC)c(OC)cc2[C@]12CC[C@H](C(=O)N1CCN(c3ncnc4c3cnn4Cc3ccccc3Cl)CC1)CC2. The molecule has 1 spiro atoms. The summed E-state index contributed by atoms with van der Waals surface area (Å²) in [7, 11) is 5.43. The monoisotopic (exact) mass is 686 g/mol. The van der Waals surface area contributed by atoms with Gasteiger partial charge in [0, 0.05) is 55.7 Å². The fourth-order valence-electron chi connectivity index (χ4n) is 8.33. The number of piperazine rings is 1. The van der Waals surface area contributed by atoms with Gasteiger partial charge in [-0.05, 0) is 87.0 Å². The van der Waals surface area contributed by atoms with Gasteiger partial charge in [0.1, 0.15) is 12.1 Å². The van der Waals surface area contributed by atoms with E-state index in [0.717, 1.165) is 105 Å². The Balaban J connectivity index is 1.02. The molecule has 12 heteroatoms. The fourth-order valence-corrected chi connectivity index (χ4v) is 8.53. The summed E-state index contributed by atoms with van der Waals surface area (Å²) >= 11 is 6.42. The van der Waals surface area contributed by atoms with Gasteiger partial charge in [-0.2, -0.15) is 5.10 Å². The van der Waals surface area contributed by atoms with Gasteiger partial charge in [-0.1, -0.05) is 29.8 Å². The lowest BCUT2D eigenvalue weighted by molar-refractivity contribution is -0.138. The molecule has 11 nitrogen and oxygen atoms in total. The van der Waals surface area contributed by atoms with Gasteiger partial charge < -0.3 is 24.6 Å². The molecule has 0 radical (unpaired) electrons. The van der Waals surface area contributed by atoms with E-state index in [4.69, 9.17) is 21.1 Å². The summed E-state index contributed by atoms with van der Waals surface area (Å²) in [5.74, 6) is 2.76. The van der Waals surface area contributed by atoms with Crippen molar-refractivity contribution >= 4 is 34.4 Å². The summed E-state index contributed by atoms with van der Waals surface area (Å²) in [4.78, 5) is 30.2. The highest BCUT2D eigenvalue weighted by Gasteiger charge is 2.47. The topological polar surface area (TPSA) is 101 Å². The Morgan fingerprint density at radius 2 is 1.78 bits per heavy atom. The molecular formula is C37H47ClN8O3. The number of halogens is 1. The number of aromatic nitrogens is 4. The van der Waals surface area contributed by atoms with E-state index >= 15 is 0 Å². The number of fused-ring (bicyclic) bond motifs is 3. The van der Waals surface area contributed by atoms with Crippen molar-refractivity contribution < 1.29 is 14.3 Å². The summed E-state index contributed by atoms with van der Waals surface area (Å²) < 4.78 is 13.3. The Kier molecular flexibility index (Phi) is 9.94. The maximum atomic E-state index is 14.0. The number of hydrogen-bond acceptors (Lipinski definition) is 9. The first-order chi connectivity index (χ1) is 24.0. The molecule has 260 valence electrons. The summed E-state index contributed by atoms with van der Waals surface area (Å²) in [5, 5.41) is 9.56. The van der Waals surface area contributed by atoms with Crippen molar-refractivity contribution in [1.29, 1.82) is 0 Å². The number of methoxy groups -OCH3 is 2. The number of hydrogen-bond donors (Lipinski definition) is 1. The number of rotatable bonds is 10. The van der Waals surface area contributed by atoms with E-state index in [-0.39, 0.29) is 11.5 Å². The van der Waals surface area contributed by atoms with Gasteiger partial charge in [-0.15, -0.1) is 0 Å². The van der Waals surface area contributed by atoms with Crippen LogP contribution in [0, 0.1) is 5.92 Å². The van der Waals surface area contributed by atoms with Crippen LogP contribution in [-0.4, -0.2) is 103 Å². The molecule has 7 rings (SSSR count). The van der Waals surface area contributed by atoms with Gasteiger partial charge in [-0.3, -0.25) is 9.69 Å². The molecule has 0 bridgehead atoms. The van der Waals surface area contributed by atoms with Crippen molar-refractivity contribution in [2.75, 3.05) is 72.0 Å². The first-order valence-electron chi connectivity index (χ1n) is 17.5. The third-order valence-corrected chi connectivity index (χ3v) is 11.3. The molecule has 2 fully saturated rings. The lowest BCUT2D eigenvalue weighted by atomic mass is 9.68. The van der Waals surface area contributed by atoms with Crippen LogP contribution in [-0.2, 0) is 23.3 Å². The standard InChI is InChI=1S/C37H47ClN8O3/c1-39-14-6-15-45-16-11-27-21-32(48-2)33(49-3)22-30(27)37(45)12-9-26(10-13-37)36(47)44-19-17-43(18-20-44)34-29-23-42-46(35(29)41-25-40-34)24-28-7-4-5-8-31(28)38/h4-5,7-8,21-23,25-26,39H,6,9-20,24H2,1-3H3/t26-,37+. The minimum absolute atomic E-state index is 0.0376. The molecule has 2 aromatic carbocycles. The van der Waals surface area contributed by atoms with Gasteiger partial charge in [0.05, 0.1) is 32.3 Å². The zero-order valence-corrected chi connectivity index (χ0v) is 29.6. The van der Waals surface area contributed by atoms with Crippen LogP contribution >= 0.6 is 11.6 Å². The number of nitrogens with zero attached hydrogens (tertiary/aromatic N) is 7. The molecule has 1 saturated carbocycles. The Hall–Kier alpha value is -3.93. The third kappa shape index (κ3) is 6.44. The number of ether oxygens (including phenoxy) is 2. The van der Waals surface area contributed by atoms with Gasteiger partial charge in [0.15, 0.2) is 17.1 Å². The number of benzene rings is 2. The van der Waals surface area contributed by atoms with Crippen LogP contribution in [0.4, 0.5) is 5.82 Å². The number of amides is 1. The highest BCUT2D eigenvalue weighted by molar-refractivity contribution is 6.31. The summed E-state index contributed by atoms with van der Waals surface area (Å²) in [6.45, 7) is 6.37. The number of anilines is 1. The third-order valence-electron chi connectivity index (χ3n) is 11.0. The number of carbonyl (C=O) groups is 1. The molecular weight excluding hydrogens is 640 g/mol. The Bertz CT molecular complexity index is 1780. The quantitative estimate of drug-likeness (QED) is 0.237. The number of carbonyl (C=O) groups excluding carboxylic acids is 1. The van der Waals surface area contributed by atoms with Crippen LogP contribution in [0.25, 0.3) is 11.0 Å². The van der Waals surface area contributed by atoms with E-state index in [9.17, 15) is 4.79 Å². The lowest BCUT2D eigenvalue weighted by Crippen LogP contribution is -2.55. The van der Waals surface area contributed by atoms with Gasteiger partial charge >= 0.3 is 0 Å². The second-order valence-electron chi connectivity index (χ2n) is 13.5. The Labute approximate surface area is 293 Å². The Morgan fingerprint density at radius 3 is 2.51 bits per heavy atom. The van der Waals surface area contributed by atoms with Crippen molar-refractivity contribution in [1.82, 2.24) is 34.9 Å². The first-order valence-corrected chi connectivity index (χ1v) is 17.9. The summed E-state index contributed by atoms with van der Waals surface area (Å²) in [6.07, 6.45) is 9.21. The maximum absolute atomic E-state index is 14.0. The molecule has 49 heavy (non-hydrogen) atoms. The predicted octanol–water partition coefficient (Wildman–Crippen LogP) is 4.75. The minimum atomic E-state index is -0.0922. The second-order valence-corrected chi connectivity index (χ2v) is 13.9. The molecule has 4 heterocycles. The molecule has 0 unspecified atom stereocenters. The van der Waals surface area contributed by atoms with Crippen LogP contribution in [0.3, 0.4) is 0 Å².